The first kappa shape index (κ1) is 15.0. The Bertz CT molecular complexity index is 525. The summed E-state index contributed by atoms with van der Waals surface area (Å²) >= 11 is 1.74. The Balaban J connectivity index is 1.98. The molecule has 1 aromatic rings. The fourth-order valence-corrected chi connectivity index (χ4v) is 3.38. The summed E-state index contributed by atoms with van der Waals surface area (Å²) in [5.74, 6) is -0.135. The molecule has 2 rings (SSSR count). The zero-order valence-electron chi connectivity index (χ0n) is 12.4. The van der Waals surface area contributed by atoms with E-state index in [1.54, 1.807) is 18.3 Å². The molecule has 0 unspecified atom stereocenters. The largest absolute Gasteiger partial charge is 0.467 e. The Hall–Kier alpha value is -1.36. The van der Waals surface area contributed by atoms with E-state index in [-0.39, 0.29) is 11.8 Å². The number of carbonyl (C=O) groups excluding carboxylic acids is 2. The first-order valence-electron chi connectivity index (χ1n) is 6.88. The van der Waals surface area contributed by atoms with Crippen molar-refractivity contribution >= 4 is 23.2 Å². The highest BCUT2D eigenvalue weighted by Gasteiger charge is 2.47. The maximum atomic E-state index is 12.3. The fraction of sp³-hybridized carbons (Fsp3) is 0.600. The Morgan fingerprint density at radius 1 is 1.50 bits per heavy atom. The highest BCUT2D eigenvalue weighted by Crippen LogP contribution is 2.49. The maximum absolute atomic E-state index is 12.3. The van der Waals surface area contributed by atoms with E-state index in [9.17, 15) is 9.59 Å². The second-order valence-electron chi connectivity index (χ2n) is 5.56. The van der Waals surface area contributed by atoms with Crippen LogP contribution in [0.5, 0.6) is 0 Å². The Labute approximate surface area is 123 Å². The van der Waals surface area contributed by atoms with E-state index in [0.717, 1.165) is 6.42 Å². The van der Waals surface area contributed by atoms with Crippen molar-refractivity contribution in [2.75, 3.05) is 7.11 Å². The first-order valence-corrected chi connectivity index (χ1v) is 7.69. The molecule has 0 bridgehead atoms. The molecule has 3 atom stereocenters. The molecule has 0 aromatic carbocycles. The molecule has 1 N–H and O–H groups in total. The van der Waals surface area contributed by atoms with Gasteiger partial charge in [-0.3, -0.25) is 4.79 Å². The Morgan fingerprint density at radius 2 is 2.20 bits per heavy atom. The van der Waals surface area contributed by atoms with Gasteiger partial charge in [-0.2, -0.15) is 0 Å². The van der Waals surface area contributed by atoms with Crippen LogP contribution in [0, 0.1) is 12.8 Å². The zero-order valence-corrected chi connectivity index (χ0v) is 13.2. The molecule has 0 aliphatic heterocycles. The van der Waals surface area contributed by atoms with E-state index < -0.39 is 11.5 Å². The number of carbonyl (C=O) groups is 2. The molecule has 1 amide bonds. The number of aryl methyl sites for hydroxylation is 1. The number of methoxy groups -OCH3 is 1. The normalized spacial score (nSPS) is 23.8. The predicted molar refractivity (Wildman–Crippen MR) is 78.8 cm³/mol. The van der Waals surface area contributed by atoms with E-state index in [1.165, 1.54) is 16.9 Å². The van der Waals surface area contributed by atoms with Gasteiger partial charge in [-0.05, 0) is 38.8 Å². The number of amides is 1. The van der Waals surface area contributed by atoms with E-state index in [4.69, 9.17) is 4.74 Å². The highest BCUT2D eigenvalue weighted by molar-refractivity contribution is 7.12. The van der Waals surface area contributed by atoms with Gasteiger partial charge in [-0.15, -0.1) is 11.3 Å². The van der Waals surface area contributed by atoms with Gasteiger partial charge in [0.2, 0.25) is 5.91 Å². The number of thiophene rings is 1. The van der Waals surface area contributed by atoms with Gasteiger partial charge in [0.25, 0.3) is 0 Å². The van der Waals surface area contributed by atoms with Gasteiger partial charge in [0.1, 0.15) is 5.54 Å². The van der Waals surface area contributed by atoms with Crippen LogP contribution < -0.4 is 5.32 Å². The summed E-state index contributed by atoms with van der Waals surface area (Å²) in [7, 11) is 1.34. The fourth-order valence-electron chi connectivity index (χ4n) is 2.33. The van der Waals surface area contributed by atoms with Crippen LogP contribution in [0.25, 0.3) is 0 Å². The molecule has 5 heteroatoms. The van der Waals surface area contributed by atoms with Crippen molar-refractivity contribution in [2.45, 2.75) is 45.1 Å². The summed E-state index contributed by atoms with van der Waals surface area (Å²) in [5.41, 5.74) is -0.926. The second-order valence-corrected chi connectivity index (χ2v) is 6.88. The molecular formula is C15H21NO3S. The highest BCUT2D eigenvalue weighted by atomic mass is 32.1. The van der Waals surface area contributed by atoms with Gasteiger partial charge in [0, 0.05) is 21.6 Å². The van der Waals surface area contributed by atoms with E-state index in [2.05, 4.69) is 24.4 Å². The van der Waals surface area contributed by atoms with Crippen molar-refractivity contribution in [3.05, 3.63) is 21.9 Å². The molecular weight excluding hydrogens is 274 g/mol. The third kappa shape index (κ3) is 2.87. The summed E-state index contributed by atoms with van der Waals surface area (Å²) < 4.78 is 4.77. The number of hydrogen-bond acceptors (Lipinski definition) is 4. The summed E-state index contributed by atoms with van der Waals surface area (Å²) in [6.07, 6.45) is 1.38. The molecule has 1 aliphatic carbocycles. The molecule has 1 aliphatic rings. The van der Waals surface area contributed by atoms with Crippen molar-refractivity contribution < 1.29 is 14.3 Å². The lowest BCUT2D eigenvalue weighted by Gasteiger charge is -2.26. The van der Waals surface area contributed by atoms with Crippen LogP contribution in [-0.4, -0.2) is 24.5 Å². The number of esters is 1. The standard InChI is InChI=1S/C15H21NO3S/c1-5-15(3,14(18)19-4)16-13(17)11-8-10(11)12-7-6-9(2)20-12/h6-7,10-11H,5,8H2,1-4H3,(H,16,17)/t10-,11-,15+/m1/s1. The quantitative estimate of drug-likeness (QED) is 0.850. The molecule has 1 fully saturated rings. The van der Waals surface area contributed by atoms with Crippen molar-refractivity contribution in [1.82, 2.24) is 5.32 Å². The van der Waals surface area contributed by atoms with Crippen LogP contribution in [-0.2, 0) is 14.3 Å². The minimum absolute atomic E-state index is 0.0106. The minimum Gasteiger partial charge on any atom is -0.467 e. The summed E-state index contributed by atoms with van der Waals surface area (Å²) in [5, 5.41) is 2.85. The summed E-state index contributed by atoms with van der Waals surface area (Å²) in [6, 6.07) is 4.18. The lowest BCUT2D eigenvalue weighted by molar-refractivity contribution is -0.150. The van der Waals surface area contributed by atoms with Gasteiger partial charge in [0.15, 0.2) is 0 Å². The smallest absolute Gasteiger partial charge is 0.331 e. The molecule has 0 saturated heterocycles. The number of hydrogen-bond donors (Lipinski definition) is 1. The number of rotatable bonds is 5. The Kier molecular flexibility index (Phi) is 4.18. The van der Waals surface area contributed by atoms with Crippen LogP contribution in [0.3, 0.4) is 0 Å². The Morgan fingerprint density at radius 3 is 2.70 bits per heavy atom. The molecule has 4 nitrogen and oxygen atoms in total. The first-order chi connectivity index (χ1) is 9.41. The van der Waals surface area contributed by atoms with Crippen molar-refractivity contribution in [1.29, 1.82) is 0 Å². The van der Waals surface area contributed by atoms with Gasteiger partial charge in [-0.1, -0.05) is 6.92 Å². The van der Waals surface area contributed by atoms with Crippen LogP contribution in [0.2, 0.25) is 0 Å². The summed E-state index contributed by atoms with van der Waals surface area (Å²) in [4.78, 5) is 26.6. The third-order valence-electron chi connectivity index (χ3n) is 4.00. The lowest BCUT2D eigenvalue weighted by Crippen LogP contribution is -2.52. The van der Waals surface area contributed by atoms with Crippen molar-refractivity contribution in [3.8, 4) is 0 Å². The molecule has 1 heterocycles. The van der Waals surface area contributed by atoms with Gasteiger partial charge >= 0.3 is 5.97 Å². The molecule has 1 saturated carbocycles. The second kappa shape index (κ2) is 5.56. The maximum Gasteiger partial charge on any atom is 0.331 e. The molecule has 0 radical (unpaired) electrons. The monoisotopic (exact) mass is 295 g/mol. The number of nitrogens with one attached hydrogen (secondary N) is 1. The van der Waals surface area contributed by atoms with E-state index in [1.807, 2.05) is 6.92 Å². The van der Waals surface area contributed by atoms with E-state index >= 15 is 0 Å². The molecule has 0 spiro atoms. The molecule has 20 heavy (non-hydrogen) atoms. The molecule has 110 valence electrons. The average molecular weight is 295 g/mol. The van der Waals surface area contributed by atoms with Gasteiger partial charge in [0.05, 0.1) is 7.11 Å². The SMILES string of the molecule is CC[C@](C)(NC(=O)[C@@H]1C[C@H]1c1ccc(C)s1)C(=O)OC. The van der Waals surface area contributed by atoms with Crippen LogP contribution in [0.15, 0.2) is 12.1 Å². The lowest BCUT2D eigenvalue weighted by atomic mass is 9.98. The average Bonchev–Trinajstić information content (AvgIpc) is 3.13. The van der Waals surface area contributed by atoms with Crippen LogP contribution >= 0.6 is 11.3 Å². The van der Waals surface area contributed by atoms with E-state index in [0.29, 0.717) is 12.3 Å². The van der Waals surface area contributed by atoms with Gasteiger partial charge < -0.3 is 10.1 Å². The topological polar surface area (TPSA) is 55.4 Å². The number of ether oxygens (including phenoxy) is 1. The predicted octanol–water partition coefficient (Wildman–Crippen LogP) is 2.62. The van der Waals surface area contributed by atoms with Crippen LogP contribution in [0.4, 0.5) is 0 Å². The van der Waals surface area contributed by atoms with Gasteiger partial charge in [-0.25, -0.2) is 4.79 Å². The summed E-state index contributed by atoms with van der Waals surface area (Å²) in [6.45, 7) is 5.64. The van der Waals surface area contributed by atoms with Crippen LogP contribution in [0.1, 0.15) is 42.4 Å². The zero-order chi connectivity index (χ0) is 14.9. The minimum atomic E-state index is -0.926. The van der Waals surface area contributed by atoms with Crippen molar-refractivity contribution in [3.63, 3.8) is 0 Å². The third-order valence-corrected chi connectivity index (χ3v) is 5.13. The van der Waals surface area contributed by atoms with Crippen molar-refractivity contribution in [2.24, 2.45) is 5.92 Å². The molecule has 1 aromatic heterocycles.